The number of rotatable bonds is 4. The van der Waals surface area contributed by atoms with Gasteiger partial charge in [-0.3, -0.25) is 0 Å². The highest BCUT2D eigenvalue weighted by Crippen LogP contribution is 2.34. The molecule has 6 rings (SSSR count). The van der Waals surface area contributed by atoms with E-state index in [0.717, 1.165) is 64.6 Å². The number of aryl methyl sites for hydroxylation is 1. The average molecular weight is 493 g/mol. The van der Waals surface area contributed by atoms with Gasteiger partial charge in [0.15, 0.2) is 5.82 Å². The number of hydrogen-bond acceptors (Lipinski definition) is 7. The van der Waals surface area contributed by atoms with Gasteiger partial charge in [-0.1, -0.05) is 12.1 Å². The minimum atomic E-state index is -0.389. The van der Waals surface area contributed by atoms with E-state index in [-0.39, 0.29) is 12.0 Å². The molecule has 1 saturated heterocycles. The third-order valence-corrected chi connectivity index (χ3v) is 6.97. The van der Waals surface area contributed by atoms with Crippen molar-refractivity contribution in [1.82, 2.24) is 19.9 Å². The Hall–Kier alpha value is -4.46. The van der Waals surface area contributed by atoms with Gasteiger partial charge in [-0.25, -0.2) is 19.7 Å². The van der Waals surface area contributed by atoms with Crippen molar-refractivity contribution in [2.24, 2.45) is 0 Å². The average Bonchev–Trinajstić information content (AvgIpc) is 3.31. The molecule has 2 aromatic carbocycles. The number of nitrogens with one attached hydrogen (secondary N) is 1. The fourth-order valence-corrected chi connectivity index (χ4v) is 5.13. The van der Waals surface area contributed by atoms with Crippen LogP contribution in [0.1, 0.15) is 23.0 Å². The van der Waals surface area contributed by atoms with Crippen molar-refractivity contribution < 1.29 is 9.53 Å². The molecule has 0 spiro atoms. The van der Waals surface area contributed by atoms with Gasteiger partial charge in [0.25, 0.3) is 0 Å². The van der Waals surface area contributed by atoms with Gasteiger partial charge in [0.2, 0.25) is 0 Å². The Kier molecular flexibility index (Phi) is 5.71. The van der Waals surface area contributed by atoms with E-state index in [1.54, 1.807) is 12.1 Å². The van der Waals surface area contributed by atoms with Crippen molar-refractivity contribution >= 4 is 39.5 Å². The number of H-pyrrole nitrogens is 1. The van der Waals surface area contributed by atoms with Gasteiger partial charge in [-0.05, 0) is 62.4 Å². The second-order valence-electron chi connectivity index (χ2n) is 9.52. The summed E-state index contributed by atoms with van der Waals surface area (Å²) in [5.74, 6) is 1.41. The molecule has 37 heavy (non-hydrogen) atoms. The van der Waals surface area contributed by atoms with E-state index in [9.17, 15) is 4.79 Å². The van der Waals surface area contributed by atoms with Gasteiger partial charge in [-0.2, -0.15) is 0 Å². The van der Waals surface area contributed by atoms with Crippen LogP contribution in [0.3, 0.4) is 0 Å². The second kappa shape index (κ2) is 9.20. The molecule has 4 heterocycles. The molecule has 8 heteroatoms. The summed E-state index contributed by atoms with van der Waals surface area (Å²) < 4.78 is 4.93. The number of piperazine rings is 1. The van der Waals surface area contributed by atoms with Crippen LogP contribution >= 0.6 is 0 Å². The van der Waals surface area contributed by atoms with Crippen LogP contribution in [0, 0.1) is 6.92 Å². The predicted molar refractivity (Wildman–Crippen MR) is 146 cm³/mol. The molecule has 5 aromatic rings. The summed E-state index contributed by atoms with van der Waals surface area (Å²) >= 11 is 0. The van der Waals surface area contributed by atoms with E-state index >= 15 is 0 Å². The van der Waals surface area contributed by atoms with Gasteiger partial charge < -0.3 is 19.5 Å². The van der Waals surface area contributed by atoms with Gasteiger partial charge >= 0.3 is 5.97 Å². The Labute approximate surface area is 214 Å². The molecule has 0 unspecified atom stereocenters. The summed E-state index contributed by atoms with van der Waals surface area (Å²) in [6.45, 7) is 6.66. The van der Waals surface area contributed by atoms with E-state index < -0.39 is 0 Å². The number of pyridine rings is 1. The first-order chi connectivity index (χ1) is 18.0. The summed E-state index contributed by atoms with van der Waals surface area (Å²) in [5.41, 5.74) is 5.91. The van der Waals surface area contributed by atoms with Gasteiger partial charge in [-0.15, -0.1) is 0 Å². The maximum atomic E-state index is 12.2. The number of carbonyl (C=O) groups excluding carboxylic acids is 1. The predicted octanol–water partition coefficient (Wildman–Crippen LogP) is 4.98. The van der Waals surface area contributed by atoms with Crippen molar-refractivity contribution in [3.63, 3.8) is 0 Å². The number of methoxy groups -OCH3 is 1. The van der Waals surface area contributed by atoms with Crippen LogP contribution in [0.2, 0.25) is 0 Å². The van der Waals surface area contributed by atoms with Crippen molar-refractivity contribution in [3.8, 4) is 11.3 Å². The molecule has 3 aromatic heterocycles. The van der Waals surface area contributed by atoms with E-state index in [1.165, 1.54) is 7.11 Å². The van der Waals surface area contributed by atoms with Crippen molar-refractivity contribution in [1.29, 1.82) is 0 Å². The Bertz CT molecular complexity index is 1610. The lowest BCUT2D eigenvalue weighted by molar-refractivity contribution is 0.0601. The maximum absolute atomic E-state index is 12.2. The minimum absolute atomic E-state index is 0.170. The van der Waals surface area contributed by atoms with Crippen LogP contribution in [-0.2, 0) is 4.74 Å². The van der Waals surface area contributed by atoms with E-state index in [2.05, 4.69) is 57.9 Å². The molecule has 1 aliphatic rings. The first-order valence-corrected chi connectivity index (χ1v) is 12.4. The highest BCUT2D eigenvalue weighted by molar-refractivity contribution is 5.95. The third-order valence-electron chi connectivity index (χ3n) is 6.97. The summed E-state index contributed by atoms with van der Waals surface area (Å²) in [6, 6.07) is 20.0. The zero-order chi connectivity index (χ0) is 25.5. The van der Waals surface area contributed by atoms with Crippen LogP contribution in [0.4, 0.5) is 11.6 Å². The summed E-state index contributed by atoms with van der Waals surface area (Å²) in [5, 5.41) is 1.14. The standard InChI is InChI=1S/C29H28N6O2/c1-18-14-22-15-20(7-9-23(22)31-18)27-28(33-25-16-21(29(36)37-3)8-10-24(25)32-27)35-13-12-34(17-19(35)2)26-6-4-5-11-30-26/h4-11,14-16,19,31H,12-13,17H2,1-3H3/t19-/m0/s1. The monoisotopic (exact) mass is 492 g/mol. The Morgan fingerprint density at radius 3 is 2.70 bits per heavy atom. The Balaban J connectivity index is 1.46. The van der Waals surface area contributed by atoms with E-state index in [1.807, 2.05) is 30.5 Å². The largest absolute Gasteiger partial charge is 0.465 e. The fraction of sp³-hybridized carbons (Fsp3) is 0.241. The number of aromatic amines is 1. The Morgan fingerprint density at radius 1 is 1.03 bits per heavy atom. The molecule has 1 aliphatic heterocycles. The third kappa shape index (κ3) is 4.24. The highest BCUT2D eigenvalue weighted by atomic mass is 16.5. The SMILES string of the molecule is COC(=O)c1ccc2nc(-c3ccc4[nH]c(C)cc4c3)c(N3CCN(c4ccccn4)C[C@@H]3C)nc2c1. The fourth-order valence-electron chi connectivity index (χ4n) is 5.13. The molecular formula is C29H28N6O2. The maximum Gasteiger partial charge on any atom is 0.337 e. The number of carbonyl (C=O) groups is 1. The molecule has 0 saturated carbocycles. The molecule has 0 amide bonds. The normalized spacial score (nSPS) is 15.9. The molecule has 0 radical (unpaired) electrons. The van der Waals surface area contributed by atoms with Crippen molar-refractivity contribution in [3.05, 3.63) is 78.1 Å². The first-order valence-electron chi connectivity index (χ1n) is 12.4. The van der Waals surface area contributed by atoms with Gasteiger partial charge in [0.1, 0.15) is 11.5 Å². The van der Waals surface area contributed by atoms with Crippen molar-refractivity contribution in [2.45, 2.75) is 19.9 Å². The quantitative estimate of drug-likeness (QED) is 0.354. The smallest absolute Gasteiger partial charge is 0.337 e. The molecule has 0 aliphatic carbocycles. The molecule has 1 N–H and O–H groups in total. The number of esters is 1. The Morgan fingerprint density at radius 2 is 1.92 bits per heavy atom. The van der Waals surface area contributed by atoms with Crippen LogP contribution in [0.15, 0.2) is 66.9 Å². The first kappa shape index (κ1) is 23.0. The van der Waals surface area contributed by atoms with Crippen LogP contribution in [0.25, 0.3) is 33.2 Å². The zero-order valence-electron chi connectivity index (χ0n) is 21.1. The molecule has 1 fully saturated rings. The van der Waals surface area contributed by atoms with E-state index in [0.29, 0.717) is 11.1 Å². The lowest BCUT2D eigenvalue weighted by Crippen LogP contribution is -2.52. The topological polar surface area (TPSA) is 87.2 Å². The molecule has 8 nitrogen and oxygen atoms in total. The zero-order valence-corrected chi connectivity index (χ0v) is 21.1. The van der Waals surface area contributed by atoms with Gasteiger partial charge in [0.05, 0.1) is 23.7 Å². The number of aromatic nitrogens is 4. The molecule has 186 valence electrons. The molecular weight excluding hydrogens is 464 g/mol. The summed E-state index contributed by atoms with van der Waals surface area (Å²) in [7, 11) is 1.38. The number of hydrogen-bond donors (Lipinski definition) is 1. The highest BCUT2D eigenvalue weighted by Gasteiger charge is 2.28. The van der Waals surface area contributed by atoms with Gasteiger partial charge in [0, 0.05) is 54.0 Å². The number of nitrogens with zero attached hydrogens (tertiary/aromatic N) is 5. The molecule has 0 bridgehead atoms. The van der Waals surface area contributed by atoms with Crippen LogP contribution < -0.4 is 9.80 Å². The minimum Gasteiger partial charge on any atom is -0.465 e. The number of fused-ring (bicyclic) bond motifs is 2. The number of benzene rings is 2. The lowest BCUT2D eigenvalue weighted by atomic mass is 10.1. The van der Waals surface area contributed by atoms with E-state index in [4.69, 9.17) is 14.7 Å². The van der Waals surface area contributed by atoms with Crippen molar-refractivity contribution in [2.75, 3.05) is 36.5 Å². The molecule has 1 atom stereocenters. The lowest BCUT2D eigenvalue weighted by Gasteiger charge is -2.41. The van der Waals surface area contributed by atoms with Crippen LogP contribution in [-0.4, -0.2) is 58.7 Å². The summed E-state index contributed by atoms with van der Waals surface area (Å²) in [4.78, 5) is 34.9. The number of ether oxygens (including phenoxy) is 1. The summed E-state index contributed by atoms with van der Waals surface area (Å²) in [6.07, 6.45) is 1.83. The van der Waals surface area contributed by atoms with Crippen LogP contribution in [0.5, 0.6) is 0 Å². The number of anilines is 2. The second-order valence-corrected chi connectivity index (χ2v) is 9.52.